The van der Waals surface area contributed by atoms with E-state index in [0.29, 0.717) is 6.42 Å². The van der Waals surface area contributed by atoms with Gasteiger partial charge in [0.05, 0.1) is 6.42 Å². The van der Waals surface area contributed by atoms with Crippen LogP contribution in [0, 0.1) is 12.7 Å². The highest BCUT2D eigenvalue weighted by Crippen LogP contribution is 2.23. The number of aromatic nitrogens is 1. The number of benzene rings is 1. The van der Waals surface area contributed by atoms with E-state index >= 15 is 0 Å². The zero-order chi connectivity index (χ0) is 17.1. The van der Waals surface area contributed by atoms with Crippen molar-refractivity contribution in [3.05, 3.63) is 35.3 Å². The molecule has 4 nitrogen and oxygen atoms in total. The van der Waals surface area contributed by atoms with E-state index in [9.17, 15) is 9.18 Å². The molecule has 1 amide bonds. The van der Waals surface area contributed by atoms with Crippen molar-refractivity contribution in [3.8, 4) is 0 Å². The number of nitrogens with zero attached hydrogens (tertiary/aromatic N) is 1. The molecule has 130 valence electrons. The molecule has 2 aromatic rings. The second kappa shape index (κ2) is 7.34. The Kier molecular flexibility index (Phi) is 5.19. The maximum absolute atomic E-state index is 13.5. The molecule has 1 aliphatic rings. The van der Waals surface area contributed by atoms with Crippen molar-refractivity contribution in [1.29, 1.82) is 0 Å². The fourth-order valence-corrected chi connectivity index (χ4v) is 3.64. The van der Waals surface area contributed by atoms with Crippen LogP contribution in [-0.4, -0.2) is 41.5 Å². The lowest BCUT2D eigenvalue weighted by molar-refractivity contribution is -0.121. The highest BCUT2D eigenvalue weighted by atomic mass is 19.1. The lowest BCUT2D eigenvalue weighted by Crippen LogP contribution is -2.45. The first kappa shape index (κ1) is 17.0. The number of rotatable bonds is 5. The van der Waals surface area contributed by atoms with Gasteiger partial charge in [0.1, 0.15) is 5.82 Å². The molecule has 0 radical (unpaired) electrons. The van der Waals surface area contributed by atoms with E-state index in [0.717, 1.165) is 54.6 Å². The topological polar surface area (TPSA) is 48.1 Å². The van der Waals surface area contributed by atoms with Crippen LogP contribution in [0.1, 0.15) is 37.4 Å². The van der Waals surface area contributed by atoms with Crippen LogP contribution in [0.3, 0.4) is 0 Å². The molecule has 0 unspecified atom stereocenters. The van der Waals surface area contributed by atoms with Gasteiger partial charge in [0.25, 0.3) is 0 Å². The number of aryl methyl sites for hydroxylation is 1. The lowest BCUT2D eigenvalue weighted by atomic mass is 10.0. The fourth-order valence-electron chi connectivity index (χ4n) is 3.64. The second-order valence-electron chi connectivity index (χ2n) is 6.78. The summed E-state index contributed by atoms with van der Waals surface area (Å²) in [6.45, 7) is 7.37. The first-order valence-electron chi connectivity index (χ1n) is 8.85. The summed E-state index contributed by atoms with van der Waals surface area (Å²) in [5.41, 5.74) is 2.71. The van der Waals surface area contributed by atoms with Crippen LogP contribution >= 0.6 is 0 Å². The molecule has 0 saturated carbocycles. The van der Waals surface area contributed by atoms with Crippen molar-refractivity contribution >= 4 is 16.8 Å². The van der Waals surface area contributed by atoms with Crippen molar-refractivity contribution in [2.75, 3.05) is 19.6 Å². The van der Waals surface area contributed by atoms with E-state index in [1.807, 2.05) is 6.92 Å². The molecule has 0 spiro atoms. The van der Waals surface area contributed by atoms with Crippen molar-refractivity contribution in [2.45, 2.75) is 45.6 Å². The van der Waals surface area contributed by atoms with Crippen LogP contribution in [0.2, 0.25) is 0 Å². The molecule has 5 heteroatoms. The summed E-state index contributed by atoms with van der Waals surface area (Å²) in [5.74, 6) is -0.247. The van der Waals surface area contributed by atoms with Gasteiger partial charge in [-0.25, -0.2) is 4.39 Å². The zero-order valence-corrected chi connectivity index (χ0v) is 14.5. The number of nitrogens with one attached hydrogen (secondary N) is 2. The number of aromatic amines is 1. The standard InChI is InChI=1S/C19H26FN3O/c1-3-8-23-9-6-15(7-10-23)22-19(24)12-16-13(2)21-18-5-4-14(20)11-17(16)18/h4-5,11,15,21H,3,6-10,12H2,1-2H3,(H,22,24). The minimum atomic E-state index is -0.272. The molecule has 1 aliphatic heterocycles. The quantitative estimate of drug-likeness (QED) is 0.884. The number of likely N-dealkylation sites (tertiary alicyclic amines) is 1. The van der Waals surface area contributed by atoms with E-state index in [4.69, 9.17) is 0 Å². The molecule has 24 heavy (non-hydrogen) atoms. The van der Waals surface area contributed by atoms with Gasteiger partial charge in [0, 0.05) is 35.7 Å². The average Bonchev–Trinajstić information content (AvgIpc) is 2.85. The maximum atomic E-state index is 13.5. The summed E-state index contributed by atoms with van der Waals surface area (Å²) in [6, 6.07) is 4.92. The number of piperidine rings is 1. The monoisotopic (exact) mass is 331 g/mol. The molecular weight excluding hydrogens is 305 g/mol. The van der Waals surface area contributed by atoms with E-state index in [-0.39, 0.29) is 17.8 Å². The van der Waals surface area contributed by atoms with Gasteiger partial charge in [-0.1, -0.05) is 6.92 Å². The van der Waals surface area contributed by atoms with Crippen molar-refractivity contribution in [3.63, 3.8) is 0 Å². The van der Waals surface area contributed by atoms with Crippen LogP contribution in [0.25, 0.3) is 10.9 Å². The molecule has 1 saturated heterocycles. The van der Waals surface area contributed by atoms with Gasteiger partial charge in [-0.2, -0.15) is 0 Å². The lowest BCUT2D eigenvalue weighted by Gasteiger charge is -2.32. The third kappa shape index (κ3) is 3.78. The van der Waals surface area contributed by atoms with E-state index in [1.165, 1.54) is 18.6 Å². The SMILES string of the molecule is CCCN1CCC(NC(=O)Cc2c(C)[nH]c3ccc(F)cc23)CC1. The molecule has 3 rings (SSSR count). The predicted molar refractivity (Wildman–Crippen MR) is 94.6 cm³/mol. The second-order valence-corrected chi connectivity index (χ2v) is 6.78. The van der Waals surface area contributed by atoms with Crippen LogP contribution < -0.4 is 5.32 Å². The van der Waals surface area contributed by atoms with Gasteiger partial charge in [-0.05, 0) is 56.5 Å². The summed E-state index contributed by atoms with van der Waals surface area (Å²) in [4.78, 5) is 18.1. The average molecular weight is 331 g/mol. The Morgan fingerprint density at radius 1 is 1.38 bits per heavy atom. The summed E-state index contributed by atoms with van der Waals surface area (Å²) in [7, 11) is 0. The molecule has 0 aliphatic carbocycles. The number of hydrogen-bond acceptors (Lipinski definition) is 2. The Bertz CT molecular complexity index is 717. The summed E-state index contributed by atoms with van der Waals surface area (Å²) >= 11 is 0. The molecule has 0 bridgehead atoms. The van der Waals surface area contributed by atoms with Gasteiger partial charge >= 0.3 is 0 Å². The van der Waals surface area contributed by atoms with Gasteiger partial charge in [-0.15, -0.1) is 0 Å². The van der Waals surface area contributed by atoms with Crippen LogP contribution in [0.5, 0.6) is 0 Å². The number of amides is 1. The highest BCUT2D eigenvalue weighted by molar-refractivity contribution is 5.90. The van der Waals surface area contributed by atoms with E-state index < -0.39 is 0 Å². The molecule has 1 aromatic heterocycles. The Labute approximate surface area is 142 Å². The smallest absolute Gasteiger partial charge is 0.224 e. The summed E-state index contributed by atoms with van der Waals surface area (Å²) < 4.78 is 13.5. The normalized spacial score (nSPS) is 16.6. The first-order chi connectivity index (χ1) is 11.6. The van der Waals surface area contributed by atoms with E-state index in [2.05, 4.69) is 22.1 Å². The number of fused-ring (bicyclic) bond motifs is 1. The van der Waals surface area contributed by atoms with Gasteiger partial charge in [0.2, 0.25) is 5.91 Å². The molecule has 1 fully saturated rings. The summed E-state index contributed by atoms with van der Waals surface area (Å²) in [6.07, 6.45) is 3.48. The Morgan fingerprint density at radius 2 is 2.12 bits per heavy atom. The number of halogens is 1. The van der Waals surface area contributed by atoms with Crippen LogP contribution in [0.4, 0.5) is 4.39 Å². The molecule has 2 heterocycles. The highest BCUT2D eigenvalue weighted by Gasteiger charge is 2.21. The Morgan fingerprint density at radius 3 is 2.83 bits per heavy atom. The number of H-pyrrole nitrogens is 1. The van der Waals surface area contributed by atoms with E-state index in [1.54, 1.807) is 6.07 Å². The zero-order valence-electron chi connectivity index (χ0n) is 14.5. The maximum Gasteiger partial charge on any atom is 0.224 e. The minimum absolute atomic E-state index is 0.0252. The number of carbonyl (C=O) groups is 1. The van der Waals surface area contributed by atoms with Gasteiger partial charge in [0.15, 0.2) is 0 Å². The number of carbonyl (C=O) groups excluding carboxylic acids is 1. The van der Waals surface area contributed by atoms with Gasteiger partial charge in [-0.3, -0.25) is 4.79 Å². The number of hydrogen-bond donors (Lipinski definition) is 2. The van der Waals surface area contributed by atoms with Crippen molar-refractivity contribution < 1.29 is 9.18 Å². The first-order valence-corrected chi connectivity index (χ1v) is 8.85. The minimum Gasteiger partial charge on any atom is -0.358 e. The van der Waals surface area contributed by atoms with Crippen molar-refractivity contribution in [1.82, 2.24) is 15.2 Å². The van der Waals surface area contributed by atoms with Crippen LogP contribution in [-0.2, 0) is 11.2 Å². The fraction of sp³-hybridized carbons (Fsp3) is 0.526. The molecule has 1 aromatic carbocycles. The Hall–Kier alpha value is -1.88. The third-order valence-electron chi connectivity index (χ3n) is 4.91. The van der Waals surface area contributed by atoms with Crippen LogP contribution in [0.15, 0.2) is 18.2 Å². The molecule has 2 N–H and O–H groups in total. The van der Waals surface area contributed by atoms with Crippen molar-refractivity contribution in [2.24, 2.45) is 0 Å². The largest absolute Gasteiger partial charge is 0.358 e. The van der Waals surface area contributed by atoms with Gasteiger partial charge < -0.3 is 15.2 Å². The third-order valence-corrected chi connectivity index (χ3v) is 4.91. The Balaban J connectivity index is 1.62. The molecular formula is C19H26FN3O. The predicted octanol–water partition coefficient (Wildman–Crippen LogP) is 3.15. The molecule has 0 atom stereocenters. The summed E-state index contributed by atoms with van der Waals surface area (Å²) in [5, 5.41) is 3.96.